The van der Waals surface area contributed by atoms with Crippen molar-refractivity contribution in [3.63, 3.8) is 0 Å². The second-order valence-electron chi connectivity index (χ2n) is 3.89. The molecule has 16 heavy (non-hydrogen) atoms. The molecule has 0 fully saturated rings. The summed E-state index contributed by atoms with van der Waals surface area (Å²) in [6.07, 6.45) is 2.36. The van der Waals surface area contributed by atoms with Gasteiger partial charge in [-0.25, -0.2) is 4.98 Å². The van der Waals surface area contributed by atoms with Crippen LogP contribution in [-0.2, 0) is 0 Å². The molecule has 1 aromatic heterocycles. The molecule has 0 N–H and O–H groups in total. The lowest BCUT2D eigenvalue weighted by Crippen LogP contribution is -2.10. The van der Waals surface area contributed by atoms with Gasteiger partial charge in [0, 0.05) is 10.8 Å². The van der Waals surface area contributed by atoms with Crippen LogP contribution >= 0.6 is 21.6 Å². The summed E-state index contributed by atoms with van der Waals surface area (Å²) in [5.41, 5.74) is 0.0316. The Balaban J connectivity index is 2.59. The van der Waals surface area contributed by atoms with Gasteiger partial charge in [0.25, 0.3) is 5.69 Å². The zero-order chi connectivity index (χ0) is 12.2. The summed E-state index contributed by atoms with van der Waals surface area (Å²) in [5.74, 6) is 0. The normalized spacial score (nSPS) is 11.4. The van der Waals surface area contributed by atoms with Crippen molar-refractivity contribution in [2.45, 2.75) is 37.0 Å². The van der Waals surface area contributed by atoms with E-state index < -0.39 is 4.92 Å². The zero-order valence-electron chi connectivity index (χ0n) is 9.47. The molecule has 4 nitrogen and oxygen atoms in total. The topological polar surface area (TPSA) is 56.0 Å². The molecule has 0 bridgehead atoms. The highest BCUT2D eigenvalue weighted by Gasteiger charge is 2.17. The third kappa shape index (κ3) is 4.02. The lowest BCUT2D eigenvalue weighted by molar-refractivity contribution is -0.385. The maximum Gasteiger partial charge on any atom is 0.287 e. The van der Waals surface area contributed by atoms with E-state index in [4.69, 9.17) is 0 Å². The number of nitrogens with zero attached hydrogens (tertiary/aromatic N) is 2. The highest BCUT2D eigenvalue weighted by atomic mass is 33.1. The maximum atomic E-state index is 10.4. The third-order valence-electron chi connectivity index (χ3n) is 2.14. The molecule has 88 valence electrons. The van der Waals surface area contributed by atoms with Crippen molar-refractivity contribution >= 4 is 27.3 Å². The van der Waals surface area contributed by atoms with Gasteiger partial charge in [0.2, 0.25) is 0 Å². The van der Waals surface area contributed by atoms with Crippen LogP contribution in [0.1, 0.15) is 27.2 Å². The fraction of sp³-hybridized carbons (Fsp3) is 0.500. The molecular weight excluding hydrogens is 244 g/mol. The molecule has 0 aliphatic carbocycles. The Hall–Kier alpha value is -0.750. The molecule has 0 atom stereocenters. The van der Waals surface area contributed by atoms with Gasteiger partial charge in [-0.15, -0.1) is 0 Å². The number of aromatic nitrogens is 1. The van der Waals surface area contributed by atoms with E-state index in [9.17, 15) is 10.1 Å². The molecule has 1 heterocycles. The Kier molecular flexibility index (Phi) is 4.61. The molecule has 0 amide bonds. The first-order chi connectivity index (χ1) is 7.44. The van der Waals surface area contributed by atoms with Crippen molar-refractivity contribution in [3.8, 4) is 0 Å². The number of hydrogen-bond donors (Lipinski definition) is 0. The first kappa shape index (κ1) is 13.3. The summed E-state index contributed by atoms with van der Waals surface area (Å²) < 4.78 is 0.189. The molecule has 0 aliphatic rings. The molecule has 0 unspecified atom stereocenters. The summed E-state index contributed by atoms with van der Waals surface area (Å²) in [6, 6.07) is 3.16. The molecular formula is C10H14N2O2S2. The summed E-state index contributed by atoms with van der Waals surface area (Å²) in [5, 5.41) is 11.2. The van der Waals surface area contributed by atoms with Gasteiger partial charge in [-0.3, -0.25) is 10.1 Å². The number of rotatable bonds is 5. The van der Waals surface area contributed by atoms with Crippen LogP contribution in [0.2, 0.25) is 0 Å². The molecule has 0 spiro atoms. The van der Waals surface area contributed by atoms with E-state index in [0.717, 1.165) is 11.4 Å². The van der Waals surface area contributed by atoms with Crippen LogP contribution < -0.4 is 0 Å². The van der Waals surface area contributed by atoms with Gasteiger partial charge in [0.1, 0.15) is 11.2 Å². The Morgan fingerprint density at radius 1 is 1.50 bits per heavy atom. The first-order valence-corrected chi connectivity index (χ1v) is 7.06. The summed E-state index contributed by atoms with van der Waals surface area (Å²) >= 11 is 0. The van der Waals surface area contributed by atoms with Crippen molar-refractivity contribution in [1.82, 2.24) is 4.98 Å². The molecule has 0 aliphatic heterocycles. The van der Waals surface area contributed by atoms with Crippen molar-refractivity contribution in [1.29, 1.82) is 0 Å². The monoisotopic (exact) mass is 258 g/mol. The predicted octanol–water partition coefficient (Wildman–Crippen LogP) is 3.92. The number of pyridine rings is 1. The van der Waals surface area contributed by atoms with Gasteiger partial charge in [-0.1, -0.05) is 17.7 Å². The van der Waals surface area contributed by atoms with Crippen molar-refractivity contribution in [2.24, 2.45) is 0 Å². The summed E-state index contributed by atoms with van der Waals surface area (Å²) in [4.78, 5) is 14.0. The molecule has 1 aromatic rings. The van der Waals surface area contributed by atoms with Crippen LogP contribution in [0.4, 0.5) is 5.69 Å². The SMILES string of the molecule is CCC(C)(C)SSc1ccc([N+](=O)[O-])cn1. The van der Waals surface area contributed by atoms with Crippen LogP contribution in [-0.4, -0.2) is 14.7 Å². The van der Waals surface area contributed by atoms with Crippen LogP contribution in [0.5, 0.6) is 0 Å². The van der Waals surface area contributed by atoms with E-state index in [-0.39, 0.29) is 10.4 Å². The number of hydrogen-bond acceptors (Lipinski definition) is 5. The minimum Gasteiger partial charge on any atom is -0.258 e. The molecule has 0 aromatic carbocycles. The Morgan fingerprint density at radius 3 is 2.62 bits per heavy atom. The van der Waals surface area contributed by atoms with E-state index >= 15 is 0 Å². The highest BCUT2D eigenvalue weighted by Crippen LogP contribution is 2.41. The lowest BCUT2D eigenvalue weighted by Gasteiger charge is -2.20. The molecule has 1 rings (SSSR count). The van der Waals surface area contributed by atoms with Crippen LogP contribution in [0.3, 0.4) is 0 Å². The molecule has 6 heteroatoms. The average Bonchev–Trinajstić information content (AvgIpc) is 2.27. The predicted molar refractivity (Wildman–Crippen MR) is 68.7 cm³/mol. The smallest absolute Gasteiger partial charge is 0.258 e. The van der Waals surface area contributed by atoms with E-state index in [0.29, 0.717) is 0 Å². The minimum absolute atomic E-state index is 0.0316. The van der Waals surface area contributed by atoms with E-state index in [2.05, 4.69) is 25.8 Å². The maximum absolute atomic E-state index is 10.4. The largest absolute Gasteiger partial charge is 0.287 e. The quantitative estimate of drug-likeness (QED) is 0.455. The lowest BCUT2D eigenvalue weighted by atomic mass is 10.1. The Bertz CT molecular complexity index is 366. The number of nitro groups is 1. The molecule has 0 saturated carbocycles. The first-order valence-electron chi connectivity index (χ1n) is 4.91. The second-order valence-corrected chi connectivity index (χ2v) is 6.75. The van der Waals surface area contributed by atoms with Gasteiger partial charge in [-0.05, 0) is 37.1 Å². The minimum atomic E-state index is -0.440. The zero-order valence-corrected chi connectivity index (χ0v) is 11.1. The van der Waals surface area contributed by atoms with Crippen molar-refractivity contribution in [2.75, 3.05) is 0 Å². The Morgan fingerprint density at radius 2 is 2.19 bits per heavy atom. The average molecular weight is 258 g/mol. The van der Waals surface area contributed by atoms with Crippen molar-refractivity contribution in [3.05, 3.63) is 28.4 Å². The highest BCUT2D eigenvalue weighted by molar-refractivity contribution is 8.77. The summed E-state index contributed by atoms with van der Waals surface area (Å²) in [6.45, 7) is 6.46. The van der Waals surface area contributed by atoms with Gasteiger partial charge in [0.05, 0.1) is 4.92 Å². The summed E-state index contributed by atoms with van der Waals surface area (Å²) in [7, 11) is 3.29. The Labute approximate surface area is 103 Å². The third-order valence-corrected chi connectivity index (χ3v) is 5.49. The van der Waals surface area contributed by atoms with Crippen molar-refractivity contribution < 1.29 is 4.92 Å². The van der Waals surface area contributed by atoms with Crippen LogP contribution in [0, 0.1) is 10.1 Å². The van der Waals surface area contributed by atoms with E-state index in [1.807, 2.05) is 0 Å². The van der Waals surface area contributed by atoms with Gasteiger partial charge < -0.3 is 0 Å². The fourth-order valence-electron chi connectivity index (χ4n) is 0.744. The standard InChI is InChI=1S/C10H14N2O2S2/c1-4-10(2,3)16-15-9-6-5-8(7-11-9)12(13)14/h5-7H,4H2,1-3H3. The van der Waals surface area contributed by atoms with E-state index in [1.165, 1.54) is 12.3 Å². The fourth-order valence-corrected chi connectivity index (χ4v) is 2.97. The molecule has 0 radical (unpaired) electrons. The van der Waals surface area contributed by atoms with Crippen LogP contribution in [0.15, 0.2) is 23.4 Å². The molecule has 0 saturated heterocycles. The second kappa shape index (κ2) is 5.54. The van der Waals surface area contributed by atoms with Gasteiger partial charge in [-0.2, -0.15) is 0 Å². The van der Waals surface area contributed by atoms with Gasteiger partial charge >= 0.3 is 0 Å². The van der Waals surface area contributed by atoms with Crippen LogP contribution in [0.25, 0.3) is 0 Å². The van der Waals surface area contributed by atoms with E-state index in [1.54, 1.807) is 27.7 Å². The van der Waals surface area contributed by atoms with Gasteiger partial charge in [0.15, 0.2) is 0 Å².